The van der Waals surface area contributed by atoms with Crippen molar-refractivity contribution in [3.63, 3.8) is 0 Å². The van der Waals surface area contributed by atoms with E-state index in [9.17, 15) is 4.79 Å². The number of hydrogen-bond acceptors (Lipinski definition) is 6. The molecule has 35 heavy (non-hydrogen) atoms. The zero-order valence-corrected chi connectivity index (χ0v) is 19.8. The summed E-state index contributed by atoms with van der Waals surface area (Å²) in [5, 5.41) is 8.38. The number of nitrogens with one attached hydrogen (secondary N) is 2. The molecule has 0 atom stereocenters. The molecule has 0 fully saturated rings. The van der Waals surface area contributed by atoms with Crippen LogP contribution in [-0.2, 0) is 12.0 Å². The highest BCUT2D eigenvalue weighted by Crippen LogP contribution is 2.28. The van der Waals surface area contributed by atoms with Crippen LogP contribution in [-0.4, -0.2) is 24.7 Å². The lowest BCUT2D eigenvalue weighted by atomic mass is 9.92. The van der Waals surface area contributed by atoms with E-state index in [0.717, 1.165) is 22.8 Å². The van der Waals surface area contributed by atoms with E-state index in [2.05, 4.69) is 59.2 Å². The molecule has 2 aromatic carbocycles. The Bertz CT molecular complexity index is 1530. The maximum atomic E-state index is 11.5. The largest absolute Gasteiger partial charge is 0.455 e. The van der Waals surface area contributed by atoms with E-state index < -0.39 is 0 Å². The smallest absolute Gasteiger partial charge is 0.268 e. The first-order valence-electron chi connectivity index (χ1n) is 11.4. The Morgan fingerprint density at radius 1 is 1.00 bits per heavy atom. The number of fused-ring (bicyclic) bond motifs is 1. The molecule has 0 saturated heterocycles. The lowest BCUT2D eigenvalue weighted by Gasteiger charge is -2.14. The number of ether oxygens (including phenoxy) is 1. The van der Waals surface area contributed by atoms with Crippen molar-refractivity contribution in [3.05, 3.63) is 101 Å². The van der Waals surface area contributed by atoms with Gasteiger partial charge in [-0.15, -0.1) is 0 Å². The molecule has 176 valence electrons. The molecular formula is C27H26N6O2. The second kappa shape index (κ2) is 9.06. The van der Waals surface area contributed by atoms with Gasteiger partial charge in [0.1, 0.15) is 11.3 Å². The fourth-order valence-electron chi connectivity index (χ4n) is 3.70. The minimum atomic E-state index is -0.308. The minimum absolute atomic E-state index is 0.0613. The van der Waals surface area contributed by atoms with E-state index >= 15 is 0 Å². The summed E-state index contributed by atoms with van der Waals surface area (Å²) in [5.74, 6) is 1.16. The number of aromatic amines is 1. The van der Waals surface area contributed by atoms with Gasteiger partial charge in [0.05, 0.1) is 29.8 Å². The van der Waals surface area contributed by atoms with Gasteiger partial charge in [-0.25, -0.2) is 14.6 Å². The number of benzene rings is 2. The average Bonchev–Trinajstić information content (AvgIpc) is 3.29. The highest BCUT2D eigenvalue weighted by Gasteiger charge is 2.20. The molecule has 0 saturated carbocycles. The molecule has 0 amide bonds. The van der Waals surface area contributed by atoms with Crippen molar-refractivity contribution in [2.24, 2.45) is 0 Å². The Morgan fingerprint density at radius 3 is 2.63 bits per heavy atom. The number of anilines is 1. The van der Waals surface area contributed by atoms with Crippen molar-refractivity contribution in [1.82, 2.24) is 24.7 Å². The van der Waals surface area contributed by atoms with Crippen molar-refractivity contribution in [1.29, 1.82) is 0 Å². The third-order valence-electron chi connectivity index (χ3n) is 5.53. The Balaban J connectivity index is 1.39. The second-order valence-electron chi connectivity index (χ2n) is 9.26. The third-order valence-corrected chi connectivity index (χ3v) is 5.53. The first-order valence-corrected chi connectivity index (χ1v) is 11.4. The van der Waals surface area contributed by atoms with Crippen LogP contribution in [0.4, 0.5) is 5.69 Å². The van der Waals surface area contributed by atoms with Gasteiger partial charge in [-0.2, -0.15) is 5.10 Å². The van der Waals surface area contributed by atoms with Gasteiger partial charge in [-0.1, -0.05) is 45.0 Å². The molecule has 3 aromatic heterocycles. The lowest BCUT2D eigenvalue weighted by Crippen LogP contribution is -2.12. The van der Waals surface area contributed by atoms with Gasteiger partial charge in [-0.05, 0) is 30.3 Å². The van der Waals surface area contributed by atoms with Crippen LogP contribution < -0.4 is 15.6 Å². The zero-order chi connectivity index (χ0) is 24.4. The monoisotopic (exact) mass is 466 g/mol. The van der Waals surface area contributed by atoms with Gasteiger partial charge in [0.25, 0.3) is 5.56 Å². The average molecular weight is 467 g/mol. The molecule has 0 radical (unpaired) electrons. The molecule has 8 heteroatoms. The molecular weight excluding hydrogens is 440 g/mol. The van der Waals surface area contributed by atoms with E-state index in [1.807, 2.05) is 47.1 Å². The first-order chi connectivity index (χ1) is 16.9. The highest BCUT2D eigenvalue weighted by atomic mass is 16.5. The van der Waals surface area contributed by atoms with Crippen molar-refractivity contribution in [2.75, 3.05) is 5.32 Å². The Kier molecular flexibility index (Phi) is 5.78. The number of aromatic nitrogens is 5. The van der Waals surface area contributed by atoms with Gasteiger partial charge in [0, 0.05) is 29.4 Å². The van der Waals surface area contributed by atoms with Crippen molar-refractivity contribution in [2.45, 2.75) is 32.7 Å². The summed E-state index contributed by atoms with van der Waals surface area (Å²) in [6.45, 7) is 7.07. The van der Waals surface area contributed by atoms with Gasteiger partial charge in [-0.3, -0.25) is 4.79 Å². The van der Waals surface area contributed by atoms with Crippen LogP contribution in [0.25, 0.3) is 16.9 Å². The van der Waals surface area contributed by atoms with E-state index in [4.69, 9.17) is 9.84 Å². The third kappa shape index (κ3) is 4.91. The number of H-pyrrole nitrogens is 1. The summed E-state index contributed by atoms with van der Waals surface area (Å²) in [6.07, 6.45) is 2.80. The highest BCUT2D eigenvalue weighted by molar-refractivity contribution is 5.77. The number of rotatable bonds is 6. The molecule has 3 heterocycles. The number of hydrogen-bond donors (Lipinski definition) is 2. The number of para-hydroxylation sites is 1. The predicted molar refractivity (Wildman–Crippen MR) is 136 cm³/mol. The fourth-order valence-corrected chi connectivity index (χ4v) is 3.70. The van der Waals surface area contributed by atoms with Crippen LogP contribution in [0.2, 0.25) is 0 Å². The Morgan fingerprint density at radius 2 is 1.83 bits per heavy atom. The van der Waals surface area contributed by atoms with E-state index in [1.165, 1.54) is 6.20 Å². The summed E-state index contributed by atoms with van der Waals surface area (Å²) in [5.41, 5.74) is 4.52. The molecule has 0 aliphatic carbocycles. The van der Waals surface area contributed by atoms with Crippen LogP contribution in [0.5, 0.6) is 11.5 Å². The molecule has 2 N–H and O–H groups in total. The Hall–Kier alpha value is -4.46. The SMILES string of the molecule is CC(C)(C)c1cc(CNc2cccc(Oc3ccnc4[nH]c(=O)cnc34)c2)n(-c2ccccc2)n1. The van der Waals surface area contributed by atoms with Crippen molar-refractivity contribution < 1.29 is 4.74 Å². The van der Waals surface area contributed by atoms with E-state index in [1.54, 1.807) is 12.3 Å². The zero-order valence-electron chi connectivity index (χ0n) is 19.8. The van der Waals surface area contributed by atoms with Crippen molar-refractivity contribution in [3.8, 4) is 17.2 Å². The molecule has 0 unspecified atom stereocenters. The maximum absolute atomic E-state index is 11.5. The molecule has 0 bridgehead atoms. The summed E-state index contributed by atoms with van der Waals surface area (Å²) in [6, 6.07) is 21.7. The van der Waals surface area contributed by atoms with Crippen LogP contribution in [0.3, 0.4) is 0 Å². The van der Waals surface area contributed by atoms with Crippen LogP contribution in [0.1, 0.15) is 32.2 Å². The number of nitrogens with zero attached hydrogens (tertiary/aromatic N) is 4. The van der Waals surface area contributed by atoms with Crippen molar-refractivity contribution >= 4 is 16.9 Å². The standard InChI is InChI=1S/C27H26N6O2/c1-27(2,3)23-15-20(33(32-23)19-9-5-4-6-10-19)16-29-18-8-7-11-21(14-18)35-22-12-13-28-26-25(22)30-17-24(34)31-26/h4-15,17,29H,16H2,1-3H3,(H,28,31,34). The summed E-state index contributed by atoms with van der Waals surface area (Å²) < 4.78 is 8.07. The Labute approximate surface area is 202 Å². The van der Waals surface area contributed by atoms with Gasteiger partial charge in [0.15, 0.2) is 11.4 Å². The minimum Gasteiger partial charge on any atom is -0.455 e. The van der Waals surface area contributed by atoms with Gasteiger partial charge >= 0.3 is 0 Å². The molecule has 5 rings (SSSR count). The summed E-state index contributed by atoms with van der Waals surface area (Å²) in [4.78, 5) is 22.5. The molecule has 0 aliphatic heterocycles. The quantitative estimate of drug-likeness (QED) is 0.357. The van der Waals surface area contributed by atoms with Crippen LogP contribution in [0, 0.1) is 0 Å². The molecule has 5 aromatic rings. The molecule has 0 spiro atoms. The molecule has 8 nitrogen and oxygen atoms in total. The topological polar surface area (TPSA) is 97.7 Å². The van der Waals surface area contributed by atoms with E-state index in [-0.39, 0.29) is 11.0 Å². The predicted octanol–water partition coefficient (Wildman–Crippen LogP) is 5.21. The fraction of sp³-hybridized carbons (Fsp3) is 0.185. The van der Waals surface area contributed by atoms with Crippen LogP contribution >= 0.6 is 0 Å². The van der Waals surface area contributed by atoms with E-state index in [0.29, 0.717) is 29.2 Å². The van der Waals surface area contributed by atoms with Gasteiger partial charge < -0.3 is 15.0 Å². The normalized spacial score (nSPS) is 11.5. The summed E-state index contributed by atoms with van der Waals surface area (Å²) in [7, 11) is 0. The lowest BCUT2D eigenvalue weighted by molar-refractivity contribution is 0.486. The second-order valence-corrected chi connectivity index (χ2v) is 9.26. The number of pyridine rings is 1. The maximum Gasteiger partial charge on any atom is 0.268 e. The summed E-state index contributed by atoms with van der Waals surface area (Å²) >= 11 is 0. The van der Waals surface area contributed by atoms with Gasteiger partial charge in [0.2, 0.25) is 0 Å². The first kappa shape index (κ1) is 22.3. The molecule has 0 aliphatic rings. The van der Waals surface area contributed by atoms with Crippen LogP contribution in [0.15, 0.2) is 83.9 Å².